The first kappa shape index (κ1) is 19.9. The molecule has 31 heavy (non-hydrogen) atoms. The Bertz CT molecular complexity index is 1070. The highest BCUT2D eigenvalue weighted by atomic mass is 32.1. The van der Waals surface area contributed by atoms with E-state index < -0.39 is 17.5 Å². The van der Waals surface area contributed by atoms with E-state index in [4.69, 9.17) is 9.47 Å². The highest BCUT2D eigenvalue weighted by molar-refractivity contribution is 7.10. The number of urea groups is 1. The molecule has 1 atom stereocenters. The minimum absolute atomic E-state index is 0.233. The average Bonchev–Trinajstić information content (AvgIpc) is 3.22. The van der Waals surface area contributed by atoms with Crippen molar-refractivity contribution >= 4 is 29.2 Å². The molecular formula is C22H23N3O5S. The molecule has 1 aromatic carbocycles. The fraction of sp³-hybridized carbons (Fsp3) is 0.409. The second kappa shape index (κ2) is 7.56. The van der Waals surface area contributed by atoms with Crippen LogP contribution in [0.5, 0.6) is 11.5 Å². The average molecular weight is 442 g/mol. The second-order valence-corrected chi connectivity index (χ2v) is 9.09. The lowest BCUT2D eigenvalue weighted by molar-refractivity contribution is -0.139. The van der Waals surface area contributed by atoms with Gasteiger partial charge in [-0.05, 0) is 48.1 Å². The molecule has 0 radical (unpaired) electrons. The number of ether oxygens (including phenoxy) is 2. The molecule has 1 N–H and O–H groups in total. The zero-order valence-corrected chi connectivity index (χ0v) is 18.0. The number of benzene rings is 1. The van der Waals surface area contributed by atoms with E-state index in [1.165, 1.54) is 4.88 Å². The summed E-state index contributed by atoms with van der Waals surface area (Å²) in [7, 11) is 0. The quantitative estimate of drug-likeness (QED) is 0.739. The Hall–Kier alpha value is -3.07. The number of amides is 4. The van der Waals surface area contributed by atoms with Crippen molar-refractivity contribution in [3.63, 3.8) is 0 Å². The van der Waals surface area contributed by atoms with E-state index in [1.54, 1.807) is 41.4 Å². The number of carbonyl (C=O) groups is 3. The first-order chi connectivity index (χ1) is 15.0. The Balaban J connectivity index is 1.33. The van der Waals surface area contributed by atoms with Crippen LogP contribution in [-0.4, -0.2) is 53.9 Å². The fourth-order valence-electron chi connectivity index (χ4n) is 4.21. The van der Waals surface area contributed by atoms with Gasteiger partial charge >= 0.3 is 6.03 Å². The number of fused-ring (bicyclic) bond motifs is 2. The number of nitrogens with zero attached hydrogens (tertiary/aromatic N) is 2. The van der Waals surface area contributed by atoms with Crippen LogP contribution in [0.3, 0.4) is 0 Å². The van der Waals surface area contributed by atoms with Crippen molar-refractivity contribution in [2.24, 2.45) is 0 Å². The van der Waals surface area contributed by atoms with Crippen molar-refractivity contribution in [1.29, 1.82) is 0 Å². The number of imide groups is 1. The van der Waals surface area contributed by atoms with E-state index >= 15 is 0 Å². The van der Waals surface area contributed by atoms with Crippen molar-refractivity contribution in [2.45, 2.75) is 31.8 Å². The number of hydrogen-bond donors (Lipinski definition) is 1. The normalized spacial score (nSPS) is 22.7. The van der Waals surface area contributed by atoms with E-state index in [0.717, 1.165) is 23.3 Å². The van der Waals surface area contributed by atoms with Gasteiger partial charge in [0.2, 0.25) is 5.91 Å². The maximum Gasteiger partial charge on any atom is 0.325 e. The fourth-order valence-corrected chi connectivity index (χ4v) is 5.10. The molecule has 2 aromatic rings. The molecule has 4 heterocycles. The highest BCUT2D eigenvalue weighted by Gasteiger charge is 2.50. The molecule has 1 aromatic heterocycles. The van der Waals surface area contributed by atoms with Crippen molar-refractivity contribution in [3.8, 4) is 11.5 Å². The van der Waals surface area contributed by atoms with Crippen molar-refractivity contribution in [2.75, 3.05) is 26.3 Å². The minimum atomic E-state index is -1.27. The molecule has 0 spiro atoms. The van der Waals surface area contributed by atoms with E-state index in [-0.39, 0.29) is 12.5 Å². The number of hydrogen-bond acceptors (Lipinski definition) is 6. The molecule has 1 fully saturated rings. The monoisotopic (exact) mass is 441 g/mol. The molecule has 1 saturated heterocycles. The standard InChI is InChI=1S/C22H23N3O5S/c1-22(15-3-4-16-17(11-15)30-9-2-8-29-16)20(27)25(21(28)23-22)13-19(26)24-7-5-18-14(12-24)6-10-31-18/h3-4,6,10-11H,2,5,7-9,12-13H2,1H3,(H,23,28). The molecule has 5 rings (SSSR count). The lowest BCUT2D eigenvalue weighted by Gasteiger charge is -2.28. The Morgan fingerprint density at radius 3 is 2.84 bits per heavy atom. The molecule has 0 bridgehead atoms. The molecule has 8 nitrogen and oxygen atoms in total. The van der Waals surface area contributed by atoms with E-state index in [2.05, 4.69) is 5.32 Å². The summed E-state index contributed by atoms with van der Waals surface area (Å²) in [5.74, 6) is 0.482. The highest BCUT2D eigenvalue weighted by Crippen LogP contribution is 2.36. The lowest BCUT2D eigenvalue weighted by Crippen LogP contribution is -2.45. The smallest absolute Gasteiger partial charge is 0.325 e. The predicted octanol–water partition coefficient (Wildman–Crippen LogP) is 2.26. The van der Waals surface area contributed by atoms with Crippen molar-refractivity contribution in [3.05, 3.63) is 45.6 Å². The Morgan fingerprint density at radius 2 is 2.00 bits per heavy atom. The van der Waals surface area contributed by atoms with Gasteiger partial charge in [0.15, 0.2) is 11.5 Å². The van der Waals surface area contributed by atoms with Gasteiger partial charge in [0.25, 0.3) is 5.91 Å². The van der Waals surface area contributed by atoms with Crippen LogP contribution in [-0.2, 0) is 28.1 Å². The first-order valence-electron chi connectivity index (χ1n) is 10.3. The van der Waals surface area contributed by atoms with E-state index in [0.29, 0.717) is 43.4 Å². The molecular weight excluding hydrogens is 418 g/mol. The summed E-state index contributed by atoms with van der Waals surface area (Å²) in [5, 5.41) is 4.79. The molecule has 9 heteroatoms. The van der Waals surface area contributed by atoms with Crippen molar-refractivity contribution < 1.29 is 23.9 Å². The van der Waals surface area contributed by atoms with Gasteiger partial charge in [0.1, 0.15) is 12.1 Å². The third-order valence-electron chi connectivity index (χ3n) is 6.05. The van der Waals surface area contributed by atoms with E-state index in [1.807, 2.05) is 11.4 Å². The summed E-state index contributed by atoms with van der Waals surface area (Å²) in [6.45, 7) is 3.57. The van der Waals surface area contributed by atoms with Gasteiger partial charge in [-0.15, -0.1) is 11.3 Å². The maximum absolute atomic E-state index is 13.3. The minimum Gasteiger partial charge on any atom is -0.490 e. The summed E-state index contributed by atoms with van der Waals surface area (Å²) in [6.07, 6.45) is 1.57. The van der Waals surface area contributed by atoms with Gasteiger partial charge in [-0.1, -0.05) is 6.07 Å². The Kier molecular flexibility index (Phi) is 4.85. The van der Waals surface area contributed by atoms with Gasteiger partial charge < -0.3 is 19.7 Å². The molecule has 1 unspecified atom stereocenters. The number of rotatable bonds is 3. The Morgan fingerprint density at radius 1 is 1.19 bits per heavy atom. The summed E-state index contributed by atoms with van der Waals surface area (Å²) in [4.78, 5) is 42.8. The third-order valence-corrected chi connectivity index (χ3v) is 7.08. The molecule has 3 aliphatic heterocycles. The maximum atomic E-state index is 13.3. The number of thiophene rings is 1. The first-order valence-corrected chi connectivity index (χ1v) is 11.2. The summed E-state index contributed by atoms with van der Waals surface area (Å²) < 4.78 is 11.4. The SMILES string of the molecule is CC1(c2ccc3c(c2)OCCCO3)NC(=O)N(CC(=O)N2CCc3sccc3C2)C1=O. The summed E-state index contributed by atoms with van der Waals surface area (Å²) in [6, 6.07) is 6.68. The van der Waals surface area contributed by atoms with Gasteiger partial charge in [0.05, 0.1) is 13.2 Å². The van der Waals surface area contributed by atoms with Crippen molar-refractivity contribution in [1.82, 2.24) is 15.1 Å². The van der Waals surface area contributed by atoms with E-state index in [9.17, 15) is 14.4 Å². The van der Waals surface area contributed by atoms with Crippen LogP contribution in [0.15, 0.2) is 29.6 Å². The summed E-state index contributed by atoms with van der Waals surface area (Å²) in [5.41, 5.74) is 0.453. The van der Waals surface area contributed by atoms with Gasteiger partial charge in [-0.2, -0.15) is 0 Å². The molecule has 162 valence electrons. The van der Waals surface area contributed by atoms with Gasteiger partial charge in [0, 0.05) is 24.4 Å². The summed E-state index contributed by atoms with van der Waals surface area (Å²) >= 11 is 1.70. The van der Waals surface area contributed by atoms with Crippen LogP contribution in [0.25, 0.3) is 0 Å². The topological polar surface area (TPSA) is 88.2 Å². The zero-order valence-electron chi connectivity index (χ0n) is 17.2. The van der Waals surface area contributed by atoms with Crippen LogP contribution in [0, 0.1) is 0 Å². The third kappa shape index (κ3) is 3.42. The Labute approximate surface area is 183 Å². The second-order valence-electron chi connectivity index (χ2n) is 8.09. The van der Waals surface area contributed by atoms with Crippen LogP contribution >= 0.6 is 11.3 Å². The van der Waals surface area contributed by atoms with Crippen LogP contribution in [0.4, 0.5) is 4.79 Å². The predicted molar refractivity (Wildman–Crippen MR) is 113 cm³/mol. The lowest BCUT2D eigenvalue weighted by atomic mass is 9.91. The number of carbonyl (C=O) groups excluding carboxylic acids is 3. The molecule has 3 aliphatic rings. The van der Waals surface area contributed by atoms with Crippen LogP contribution < -0.4 is 14.8 Å². The largest absolute Gasteiger partial charge is 0.490 e. The zero-order chi connectivity index (χ0) is 21.6. The molecule has 4 amide bonds. The van der Waals surface area contributed by atoms with Gasteiger partial charge in [-0.25, -0.2) is 4.79 Å². The molecule has 0 aliphatic carbocycles. The van der Waals surface area contributed by atoms with Gasteiger partial charge in [-0.3, -0.25) is 14.5 Å². The van der Waals surface area contributed by atoms with Crippen LogP contribution in [0.2, 0.25) is 0 Å². The molecule has 0 saturated carbocycles. The van der Waals surface area contributed by atoms with Crippen LogP contribution in [0.1, 0.15) is 29.3 Å². The number of nitrogens with one attached hydrogen (secondary N) is 1.